The molecule has 7 nitrogen and oxygen atoms in total. The molecule has 32 heavy (non-hydrogen) atoms. The Morgan fingerprint density at radius 1 is 1.12 bits per heavy atom. The number of guanidine groups is 1. The highest BCUT2D eigenvalue weighted by molar-refractivity contribution is 14.0. The van der Waals surface area contributed by atoms with E-state index in [1.807, 2.05) is 17.0 Å². The van der Waals surface area contributed by atoms with Gasteiger partial charge in [0.1, 0.15) is 0 Å². The number of halogens is 2. The first-order chi connectivity index (χ1) is 15.1. The summed E-state index contributed by atoms with van der Waals surface area (Å²) in [7, 11) is 0. The molecule has 0 aromatic heterocycles. The van der Waals surface area contributed by atoms with Crippen molar-refractivity contribution in [2.24, 2.45) is 4.99 Å². The van der Waals surface area contributed by atoms with Crippen molar-refractivity contribution in [3.8, 4) is 0 Å². The van der Waals surface area contributed by atoms with Crippen molar-refractivity contribution in [3.05, 3.63) is 34.9 Å². The molecule has 3 aliphatic rings. The van der Waals surface area contributed by atoms with Crippen LogP contribution in [0.15, 0.2) is 29.3 Å². The summed E-state index contributed by atoms with van der Waals surface area (Å²) in [4.78, 5) is 24.1. The Hall–Kier alpha value is -1.10. The molecule has 178 valence electrons. The number of aliphatic imine (C=N–C) groups is 1. The molecule has 0 unspecified atom stereocenters. The summed E-state index contributed by atoms with van der Waals surface area (Å²) in [5.41, 5.74) is 1.43. The molecule has 0 atom stereocenters. The van der Waals surface area contributed by atoms with Gasteiger partial charge in [0, 0.05) is 56.3 Å². The molecule has 4 rings (SSSR count). The third kappa shape index (κ3) is 6.48. The Labute approximate surface area is 213 Å². The van der Waals surface area contributed by atoms with Crippen LogP contribution in [0.4, 0.5) is 0 Å². The van der Waals surface area contributed by atoms with Gasteiger partial charge in [-0.3, -0.25) is 14.7 Å². The number of nitrogens with zero attached hydrogens (tertiary/aromatic N) is 4. The lowest BCUT2D eigenvalue weighted by Gasteiger charge is -2.37. The fourth-order valence-corrected chi connectivity index (χ4v) is 4.57. The SMILES string of the molecule is CCNC(=NCC1(c2cccc(Cl)c2)CC1)N1CCN(CC(=O)N2CCOCC2)CC1.I. The Balaban J connectivity index is 0.00000289. The van der Waals surface area contributed by atoms with Crippen molar-refractivity contribution >= 4 is 47.4 Å². The fraction of sp³-hybridized carbons (Fsp3) is 0.652. The summed E-state index contributed by atoms with van der Waals surface area (Å²) in [6, 6.07) is 8.22. The Morgan fingerprint density at radius 3 is 2.47 bits per heavy atom. The summed E-state index contributed by atoms with van der Waals surface area (Å²) in [5, 5.41) is 4.26. The van der Waals surface area contributed by atoms with E-state index in [9.17, 15) is 4.79 Å². The summed E-state index contributed by atoms with van der Waals surface area (Å²) >= 11 is 6.22. The first-order valence-electron chi connectivity index (χ1n) is 11.5. The molecule has 1 amide bonds. The van der Waals surface area contributed by atoms with Crippen LogP contribution in [0, 0.1) is 0 Å². The maximum Gasteiger partial charge on any atom is 0.236 e. The molecule has 2 heterocycles. The lowest BCUT2D eigenvalue weighted by atomic mass is 9.96. The molecule has 1 aromatic carbocycles. The quantitative estimate of drug-likeness (QED) is 0.321. The molecule has 2 saturated heterocycles. The minimum Gasteiger partial charge on any atom is -0.378 e. The van der Waals surface area contributed by atoms with Gasteiger partial charge in [-0.05, 0) is 37.5 Å². The Kier molecular flexibility index (Phi) is 9.45. The number of rotatable bonds is 6. The fourth-order valence-electron chi connectivity index (χ4n) is 4.38. The van der Waals surface area contributed by atoms with E-state index in [1.54, 1.807) is 0 Å². The van der Waals surface area contributed by atoms with Crippen LogP contribution in [0.5, 0.6) is 0 Å². The number of carbonyl (C=O) groups is 1. The van der Waals surface area contributed by atoms with Crippen LogP contribution in [0.1, 0.15) is 25.3 Å². The molecule has 9 heteroatoms. The van der Waals surface area contributed by atoms with Gasteiger partial charge < -0.3 is 19.9 Å². The number of hydrogen-bond donors (Lipinski definition) is 1. The monoisotopic (exact) mass is 575 g/mol. The maximum absolute atomic E-state index is 12.5. The molecule has 0 bridgehead atoms. The molecule has 2 aliphatic heterocycles. The van der Waals surface area contributed by atoms with Crippen molar-refractivity contribution in [1.29, 1.82) is 0 Å². The number of hydrogen-bond acceptors (Lipinski definition) is 4. The highest BCUT2D eigenvalue weighted by Crippen LogP contribution is 2.48. The first-order valence-corrected chi connectivity index (χ1v) is 11.8. The lowest BCUT2D eigenvalue weighted by molar-refractivity contribution is -0.136. The second kappa shape index (κ2) is 11.9. The van der Waals surface area contributed by atoms with Crippen LogP contribution < -0.4 is 5.32 Å². The largest absolute Gasteiger partial charge is 0.378 e. The molecule has 0 spiro atoms. The molecule has 3 fully saturated rings. The van der Waals surface area contributed by atoms with Crippen LogP contribution >= 0.6 is 35.6 Å². The van der Waals surface area contributed by atoms with Crippen molar-refractivity contribution in [2.45, 2.75) is 25.2 Å². The summed E-state index contributed by atoms with van der Waals surface area (Å²) < 4.78 is 5.35. The molecule has 1 saturated carbocycles. The predicted molar refractivity (Wildman–Crippen MR) is 139 cm³/mol. The van der Waals surface area contributed by atoms with E-state index in [1.165, 1.54) is 5.56 Å². The number of carbonyl (C=O) groups excluding carboxylic acids is 1. The number of nitrogens with one attached hydrogen (secondary N) is 1. The summed E-state index contributed by atoms with van der Waals surface area (Å²) in [5.74, 6) is 1.20. The van der Waals surface area contributed by atoms with Gasteiger partial charge in [0.25, 0.3) is 0 Å². The molecule has 1 aromatic rings. The standard InChI is InChI=1S/C23H34ClN5O2.HI/c1-2-25-22(26-18-23(6-7-23)19-4-3-5-20(24)16-19)29-10-8-27(9-11-29)17-21(30)28-12-14-31-15-13-28;/h3-5,16H,2,6-15,17-18H2,1H3,(H,25,26);1H. The van der Waals surface area contributed by atoms with Crippen molar-refractivity contribution < 1.29 is 9.53 Å². The zero-order valence-electron chi connectivity index (χ0n) is 18.9. The number of benzene rings is 1. The Bertz CT molecular complexity index is 790. The highest BCUT2D eigenvalue weighted by Gasteiger charge is 2.44. The summed E-state index contributed by atoms with van der Waals surface area (Å²) in [6.45, 7) is 10.5. The van der Waals surface area contributed by atoms with E-state index in [0.29, 0.717) is 32.8 Å². The van der Waals surface area contributed by atoms with Gasteiger partial charge in [0.2, 0.25) is 5.91 Å². The van der Waals surface area contributed by atoms with Crippen molar-refractivity contribution in [2.75, 3.05) is 72.1 Å². The molecule has 1 N–H and O–H groups in total. The van der Waals surface area contributed by atoms with Gasteiger partial charge in [-0.15, -0.1) is 24.0 Å². The minimum atomic E-state index is 0. The minimum absolute atomic E-state index is 0. The zero-order chi connectivity index (χ0) is 21.7. The zero-order valence-corrected chi connectivity index (χ0v) is 22.0. The third-order valence-electron chi connectivity index (χ3n) is 6.55. The predicted octanol–water partition coefficient (Wildman–Crippen LogP) is 2.43. The van der Waals surface area contributed by atoms with Crippen LogP contribution in [-0.4, -0.2) is 98.7 Å². The van der Waals surface area contributed by atoms with Crippen molar-refractivity contribution in [1.82, 2.24) is 20.0 Å². The number of amides is 1. The normalized spacial score (nSPS) is 21.1. The van der Waals surface area contributed by atoms with Crippen LogP contribution in [0.2, 0.25) is 5.02 Å². The van der Waals surface area contributed by atoms with E-state index in [2.05, 4.69) is 34.2 Å². The molecule has 0 radical (unpaired) electrons. The second-order valence-electron chi connectivity index (χ2n) is 8.72. The average molecular weight is 576 g/mol. The first kappa shape index (κ1) is 25.5. The summed E-state index contributed by atoms with van der Waals surface area (Å²) in [6.07, 6.45) is 2.32. The number of morpholine rings is 1. The van der Waals surface area contributed by atoms with E-state index >= 15 is 0 Å². The Morgan fingerprint density at radius 2 is 1.84 bits per heavy atom. The van der Waals surface area contributed by atoms with Crippen LogP contribution in [-0.2, 0) is 14.9 Å². The molecule has 1 aliphatic carbocycles. The molecular formula is C23H35ClIN5O2. The smallest absolute Gasteiger partial charge is 0.236 e. The van der Waals surface area contributed by atoms with E-state index in [0.717, 1.165) is 63.1 Å². The van der Waals surface area contributed by atoms with Gasteiger partial charge in [0.15, 0.2) is 5.96 Å². The number of piperazine rings is 1. The third-order valence-corrected chi connectivity index (χ3v) is 6.79. The highest BCUT2D eigenvalue weighted by atomic mass is 127. The van der Waals surface area contributed by atoms with E-state index in [4.69, 9.17) is 21.3 Å². The topological polar surface area (TPSA) is 60.4 Å². The maximum atomic E-state index is 12.5. The van der Waals surface area contributed by atoms with Gasteiger partial charge in [-0.1, -0.05) is 23.7 Å². The van der Waals surface area contributed by atoms with E-state index in [-0.39, 0.29) is 35.3 Å². The second-order valence-corrected chi connectivity index (χ2v) is 9.15. The lowest BCUT2D eigenvalue weighted by Crippen LogP contribution is -2.55. The van der Waals surface area contributed by atoms with E-state index < -0.39 is 0 Å². The number of ether oxygens (including phenoxy) is 1. The van der Waals surface area contributed by atoms with Gasteiger partial charge in [-0.25, -0.2) is 0 Å². The molecular weight excluding hydrogens is 541 g/mol. The van der Waals surface area contributed by atoms with Crippen LogP contribution in [0.3, 0.4) is 0 Å². The average Bonchev–Trinajstić information content (AvgIpc) is 3.59. The van der Waals surface area contributed by atoms with Crippen molar-refractivity contribution in [3.63, 3.8) is 0 Å². The van der Waals surface area contributed by atoms with Crippen LogP contribution in [0.25, 0.3) is 0 Å². The van der Waals surface area contributed by atoms with Gasteiger partial charge in [-0.2, -0.15) is 0 Å². The van der Waals surface area contributed by atoms with Gasteiger partial charge >= 0.3 is 0 Å². The van der Waals surface area contributed by atoms with Gasteiger partial charge in [0.05, 0.1) is 26.3 Å².